The highest BCUT2D eigenvalue weighted by molar-refractivity contribution is 5.48. The van der Waals surface area contributed by atoms with Gasteiger partial charge in [0.1, 0.15) is 11.9 Å². The standard InChI is InChI=1S/C13H14N2O3/c1-9-11(15(16)17)5-3-6-12(9)18-13-7-2-4-10(13)8-14/h3,5-6,10,13H,2,4,7H2,1H3. The SMILES string of the molecule is Cc1c(OC2CCCC2C#N)cccc1[N+](=O)[O-]. The first-order chi connectivity index (χ1) is 8.63. The van der Waals surface area contributed by atoms with Gasteiger partial charge < -0.3 is 4.74 Å². The molecule has 1 aromatic carbocycles. The lowest BCUT2D eigenvalue weighted by Crippen LogP contribution is -2.20. The number of nitriles is 1. The Balaban J connectivity index is 2.22. The molecule has 1 aliphatic rings. The molecule has 0 saturated heterocycles. The van der Waals surface area contributed by atoms with Crippen LogP contribution in [0.4, 0.5) is 5.69 Å². The van der Waals surface area contributed by atoms with Gasteiger partial charge in [-0.2, -0.15) is 5.26 Å². The van der Waals surface area contributed by atoms with Crippen LogP contribution in [0.25, 0.3) is 0 Å². The van der Waals surface area contributed by atoms with Crippen molar-refractivity contribution in [3.63, 3.8) is 0 Å². The van der Waals surface area contributed by atoms with Gasteiger partial charge in [-0.25, -0.2) is 0 Å². The van der Waals surface area contributed by atoms with Crippen LogP contribution >= 0.6 is 0 Å². The van der Waals surface area contributed by atoms with E-state index in [2.05, 4.69) is 6.07 Å². The maximum atomic E-state index is 10.8. The second-order valence-electron chi connectivity index (χ2n) is 4.48. The van der Waals surface area contributed by atoms with E-state index in [0.717, 1.165) is 19.3 Å². The van der Waals surface area contributed by atoms with Gasteiger partial charge in [-0.15, -0.1) is 0 Å². The summed E-state index contributed by atoms with van der Waals surface area (Å²) in [5.41, 5.74) is 0.574. The fourth-order valence-corrected chi connectivity index (χ4v) is 2.31. The van der Waals surface area contributed by atoms with Crippen LogP contribution in [0.5, 0.6) is 5.75 Å². The summed E-state index contributed by atoms with van der Waals surface area (Å²) in [7, 11) is 0. The third kappa shape index (κ3) is 2.28. The number of rotatable bonds is 3. The fourth-order valence-electron chi connectivity index (χ4n) is 2.31. The molecule has 2 rings (SSSR count). The second-order valence-corrected chi connectivity index (χ2v) is 4.48. The molecule has 1 aliphatic carbocycles. The third-order valence-corrected chi connectivity index (χ3v) is 3.35. The predicted molar refractivity (Wildman–Crippen MR) is 65.2 cm³/mol. The molecule has 18 heavy (non-hydrogen) atoms. The first-order valence-corrected chi connectivity index (χ1v) is 5.93. The molecular formula is C13H14N2O3. The molecule has 1 fully saturated rings. The molecule has 2 atom stereocenters. The Kier molecular flexibility index (Phi) is 3.47. The zero-order valence-electron chi connectivity index (χ0n) is 10.1. The molecule has 94 valence electrons. The van der Waals surface area contributed by atoms with Crippen molar-refractivity contribution in [2.45, 2.75) is 32.3 Å². The molecular weight excluding hydrogens is 232 g/mol. The van der Waals surface area contributed by atoms with Crippen LogP contribution in [0.3, 0.4) is 0 Å². The molecule has 2 unspecified atom stereocenters. The van der Waals surface area contributed by atoms with Crippen molar-refractivity contribution < 1.29 is 9.66 Å². The van der Waals surface area contributed by atoms with E-state index < -0.39 is 4.92 Å². The van der Waals surface area contributed by atoms with Crippen LogP contribution in [0.15, 0.2) is 18.2 Å². The number of hydrogen-bond acceptors (Lipinski definition) is 4. The molecule has 0 amide bonds. The van der Waals surface area contributed by atoms with Gasteiger partial charge in [-0.05, 0) is 32.3 Å². The van der Waals surface area contributed by atoms with Crippen molar-refractivity contribution >= 4 is 5.69 Å². The quantitative estimate of drug-likeness (QED) is 0.606. The molecule has 5 nitrogen and oxygen atoms in total. The van der Waals surface area contributed by atoms with E-state index in [9.17, 15) is 10.1 Å². The van der Waals surface area contributed by atoms with Crippen molar-refractivity contribution in [1.29, 1.82) is 5.26 Å². The predicted octanol–water partition coefficient (Wildman–Crippen LogP) is 2.97. The molecule has 0 N–H and O–H groups in total. The fraction of sp³-hybridized carbons (Fsp3) is 0.462. The summed E-state index contributed by atoms with van der Waals surface area (Å²) >= 11 is 0. The molecule has 1 aromatic rings. The number of hydrogen-bond donors (Lipinski definition) is 0. The van der Waals surface area contributed by atoms with Crippen molar-refractivity contribution in [1.82, 2.24) is 0 Å². The maximum Gasteiger partial charge on any atom is 0.276 e. The Morgan fingerprint density at radius 2 is 2.28 bits per heavy atom. The molecule has 1 saturated carbocycles. The van der Waals surface area contributed by atoms with E-state index in [0.29, 0.717) is 11.3 Å². The van der Waals surface area contributed by atoms with Gasteiger partial charge in [0.2, 0.25) is 0 Å². The Labute approximate surface area is 105 Å². The summed E-state index contributed by atoms with van der Waals surface area (Å²) in [6.45, 7) is 1.67. The lowest BCUT2D eigenvalue weighted by Gasteiger charge is -2.17. The van der Waals surface area contributed by atoms with Crippen LogP contribution in [-0.4, -0.2) is 11.0 Å². The monoisotopic (exact) mass is 246 g/mol. The van der Waals surface area contributed by atoms with Crippen molar-refractivity contribution in [3.05, 3.63) is 33.9 Å². The van der Waals surface area contributed by atoms with E-state index in [1.165, 1.54) is 6.07 Å². The van der Waals surface area contributed by atoms with E-state index in [1.54, 1.807) is 19.1 Å². The van der Waals surface area contributed by atoms with Crippen molar-refractivity contribution in [2.75, 3.05) is 0 Å². The molecule has 0 radical (unpaired) electrons. The average Bonchev–Trinajstić information content (AvgIpc) is 2.78. The lowest BCUT2D eigenvalue weighted by molar-refractivity contribution is -0.385. The molecule has 0 heterocycles. The summed E-state index contributed by atoms with van der Waals surface area (Å²) in [5, 5.41) is 19.8. The summed E-state index contributed by atoms with van der Waals surface area (Å²) in [6, 6.07) is 7.01. The highest BCUT2D eigenvalue weighted by Crippen LogP contribution is 2.33. The van der Waals surface area contributed by atoms with Gasteiger partial charge in [-0.3, -0.25) is 10.1 Å². The Morgan fingerprint density at radius 3 is 2.94 bits per heavy atom. The number of benzene rings is 1. The molecule has 0 aliphatic heterocycles. The van der Waals surface area contributed by atoms with Crippen LogP contribution in [0.2, 0.25) is 0 Å². The zero-order chi connectivity index (χ0) is 13.1. The van der Waals surface area contributed by atoms with E-state index in [4.69, 9.17) is 10.00 Å². The largest absolute Gasteiger partial charge is 0.489 e. The highest BCUT2D eigenvalue weighted by Gasteiger charge is 2.29. The summed E-state index contributed by atoms with van der Waals surface area (Å²) < 4.78 is 5.77. The smallest absolute Gasteiger partial charge is 0.276 e. The molecule has 5 heteroatoms. The Bertz CT molecular complexity index is 507. The average molecular weight is 246 g/mol. The number of ether oxygens (including phenoxy) is 1. The van der Waals surface area contributed by atoms with E-state index >= 15 is 0 Å². The third-order valence-electron chi connectivity index (χ3n) is 3.35. The zero-order valence-corrected chi connectivity index (χ0v) is 10.1. The van der Waals surface area contributed by atoms with Gasteiger partial charge >= 0.3 is 0 Å². The highest BCUT2D eigenvalue weighted by atomic mass is 16.6. The first-order valence-electron chi connectivity index (χ1n) is 5.93. The summed E-state index contributed by atoms with van der Waals surface area (Å²) in [5.74, 6) is 0.403. The summed E-state index contributed by atoms with van der Waals surface area (Å²) in [4.78, 5) is 10.4. The number of nitro groups is 1. The minimum atomic E-state index is -0.418. The van der Waals surface area contributed by atoms with Crippen LogP contribution in [0.1, 0.15) is 24.8 Å². The van der Waals surface area contributed by atoms with Crippen LogP contribution in [0, 0.1) is 34.3 Å². The van der Waals surface area contributed by atoms with Crippen molar-refractivity contribution in [2.24, 2.45) is 5.92 Å². The van der Waals surface area contributed by atoms with E-state index in [-0.39, 0.29) is 17.7 Å². The normalized spacial score (nSPS) is 22.4. The molecule has 0 aromatic heterocycles. The van der Waals surface area contributed by atoms with Crippen LogP contribution in [-0.2, 0) is 0 Å². The topological polar surface area (TPSA) is 76.2 Å². The Morgan fingerprint density at radius 1 is 1.50 bits per heavy atom. The van der Waals surface area contributed by atoms with Crippen LogP contribution < -0.4 is 4.74 Å². The minimum absolute atomic E-state index is 0.0546. The molecule has 0 bridgehead atoms. The number of nitrogens with zero attached hydrogens (tertiary/aromatic N) is 2. The van der Waals surface area contributed by atoms with Gasteiger partial charge in [0.25, 0.3) is 5.69 Å². The Hall–Kier alpha value is -2.09. The molecule has 0 spiro atoms. The lowest BCUT2D eigenvalue weighted by atomic mass is 10.1. The van der Waals surface area contributed by atoms with Crippen molar-refractivity contribution in [3.8, 4) is 11.8 Å². The van der Waals surface area contributed by atoms with Gasteiger partial charge in [-0.1, -0.05) is 6.07 Å². The first kappa shape index (κ1) is 12.4. The second kappa shape index (κ2) is 5.05. The van der Waals surface area contributed by atoms with Gasteiger partial charge in [0, 0.05) is 6.07 Å². The maximum absolute atomic E-state index is 10.8. The van der Waals surface area contributed by atoms with Gasteiger partial charge in [0.15, 0.2) is 0 Å². The summed E-state index contributed by atoms with van der Waals surface area (Å²) in [6.07, 6.45) is 2.50. The minimum Gasteiger partial charge on any atom is -0.489 e. The number of nitro benzene ring substituents is 1. The van der Waals surface area contributed by atoms with E-state index in [1.807, 2.05) is 0 Å². The van der Waals surface area contributed by atoms with Gasteiger partial charge in [0.05, 0.1) is 22.5 Å².